The van der Waals surface area contributed by atoms with Crippen molar-refractivity contribution in [1.82, 2.24) is 4.90 Å². The Labute approximate surface area is 122 Å². The lowest BCUT2D eigenvalue weighted by molar-refractivity contribution is 0.257. The Morgan fingerprint density at radius 3 is 1.79 bits per heavy atom. The van der Waals surface area contributed by atoms with Crippen molar-refractivity contribution in [1.29, 1.82) is 0 Å². The molecule has 1 saturated carbocycles. The van der Waals surface area contributed by atoms with Crippen molar-refractivity contribution in [3.63, 3.8) is 0 Å². The molecule has 3 heteroatoms. The first-order chi connectivity index (χ1) is 8.73. The Bertz CT molecular complexity index is 254. The lowest BCUT2D eigenvalue weighted by Crippen LogP contribution is -2.48. The predicted molar refractivity (Wildman–Crippen MR) is 87.2 cm³/mol. The van der Waals surface area contributed by atoms with Gasteiger partial charge in [0.1, 0.15) is 0 Å². The van der Waals surface area contributed by atoms with E-state index in [9.17, 15) is 0 Å². The highest BCUT2D eigenvalue weighted by atomic mass is 28.4. The molecule has 1 aliphatic carbocycles. The molecule has 2 nitrogen and oxygen atoms in total. The van der Waals surface area contributed by atoms with Gasteiger partial charge in [-0.3, -0.25) is 0 Å². The van der Waals surface area contributed by atoms with Crippen molar-refractivity contribution in [2.24, 2.45) is 5.92 Å². The van der Waals surface area contributed by atoms with Crippen LogP contribution in [0.4, 0.5) is 0 Å². The van der Waals surface area contributed by atoms with E-state index >= 15 is 0 Å². The van der Waals surface area contributed by atoms with E-state index in [1.807, 2.05) is 0 Å². The zero-order chi connectivity index (χ0) is 14.8. The van der Waals surface area contributed by atoms with Crippen molar-refractivity contribution in [2.75, 3.05) is 20.7 Å². The van der Waals surface area contributed by atoms with Crippen molar-refractivity contribution in [3.8, 4) is 0 Å². The number of hydrogen-bond donors (Lipinski definition) is 0. The van der Waals surface area contributed by atoms with Gasteiger partial charge >= 0.3 is 0 Å². The molecule has 1 rings (SSSR count). The number of rotatable bonds is 8. The monoisotopic (exact) mass is 285 g/mol. The minimum absolute atomic E-state index is 0.705. The molecule has 0 N–H and O–H groups in total. The largest absolute Gasteiger partial charge is 0.416 e. The van der Waals surface area contributed by atoms with Gasteiger partial charge in [0.25, 0.3) is 0 Å². The number of hydrogen-bond acceptors (Lipinski definition) is 2. The van der Waals surface area contributed by atoms with Crippen LogP contribution in [-0.2, 0) is 4.43 Å². The first-order valence-electron chi connectivity index (χ1n) is 8.03. The average Bonchev–Trinajstić information content (AvgIpc) is 3.02. The van der Waals surface area contributed by atoms with Crippen LogP contribution in [0.5, 0.6) is 0 Å². The van der Waals surface area contributed by atoms with Gasteiger partial charge in [-0.25, -0.2) is 0 Å². The summed E-state index contributed by atoms with van der Waals surface area (Å²) in [5, 5.41) is 0. The Hall–Kier alpha value is 0.137. The zero-order valence-electron chi connectivity index (χ0n) is 14.4. The molecule has 2 atom stereocenters. The van der Waals surface area contributed by atoms with Gasteiger partial charge in [-0.1, -0.05) is 41.5 Å². The van der Waals surface area contributed by atoms with E-state index in [1.165, 1.54) is 12.8 Å². The van der Waals surface area contributed by atoms with Gasteiger partial charge in [-0.2, -0.15) is 0 Å². The van der Waals surface area contributed by atoms with Crippen LogP contribution in [-0.4, -0.2) is 40.0 Å². The lowest BCUT2D eigenvalue weighted by Gasteiger charge is -2.42. The second-order valence-corrected chi connectivity index (χ2v) is 12.9. The van der Waals surface area contributed by atoms with Gasteiger partial charge in [0.15, 0.2) is 8.32 Å². The van der Waals surface area contributed by atoms with Gasteiger partial charge in [0, 0.05) is 12.6 Å². The third-order valence-corrected chi connectivity index (χ3v) is 11.2. The first-order valence-corrected chi connectivity index (χ1v) is 10.2. The summed E-state index contributed by atoms with van der Waals surface area (Å²) in [4.78, 5) is 2.36. The van der Waals surface area contributed by atoms with Gasteiger partial charge in [-0.15, -0.1) is 0 Å². The second-order valence-electron chi connectivity index (χ2n) is 7.48. The Kier molecular flexibility index (Phi) is 6.09. The molecule has 1 fully saturated rings. The van der Waals surface area contributed by atoms with Crippen LogP contribution < -0.4 is 0 Å². The first kappa shape index (κ1) is 17.2. The molecule has 0 heterocycles. The van der Waals surface area contributed by atoms with E-state index in [0.29, 0.717) is 16.6 Å². The normalized spacial score (nSPS) is 24.0. The maximum absolute atomic E-state index is 6.61. The van der Waals surface area contributed by atoms with Gasteiger partial charge < -0.3 is 9.33 Å². The predicted octanol–water partition coefficient (Wildman–Crippen LogP) is 4.52. The highest BCUT2D eigenvalue weighted by Crippen LogP contribution is 2.43. The lowest BCUT2D eigenvalue weighted by atomic mass is 10.3. The summed E-state index contributed by atoms with van der Waals surface area (Å²) in [6.45, 7) is 15.2. The summed E-state index contributed by atoms with van der Waals surface area (Å²) >= 11 is 0. The third kappa shape index (κ3) is 3.83. The molecule has 0 saturated heterocycles. The van der Waals surface area contributed by atoms with E-state index in [2.05, 4.69) is 60.5 Å². The smallest absolute Gasteiger partial charge is 0.200 e. The van der Waals surface area contributed by atoms with Crippen molar-refractivity contribution in [2.45, 2.75) is 77.0 Å². The quantitative estimate of drug-likeness (QED) is 0.608. The summed E-state index contributed by atoms with van der Waals surface area (Å²) in [5.41, 5.74) is 2.11. The highest BCUT2D eigenvalue weighted by Gasteiger charge is 2.45. The minimum Gasteiger partial charge on any atom is -0.416 e. The Morgan fingerprint density at radius 1 is 1.00 bits per heavy atom. The SMILES string of the molecule is CC(C)[Si](OCC[C@H]1C[C@H]1N(C)C)(C(C)C)C(C)C. The molecule has 0 aromatic carbocycles. The molecule has 0 radical (unpaired) electrons. The van der Waals surface area contributed by atoms with Crippen LogP contribution in [0, 0.1) is 5.92 Å². The fourth-order valence-corrected chi connectivity index (χ4v) is 9.53. The molecule has 19 heavy (non-hydrogen) atoms. The summed E-state index contributed by atoms with van der Waals surface area (Å²) in [6.07, 6.45) is 2.62. The molecule has 0 amide bonds. The second kappa shape index (κ2) is 6.73. The van der Waals surface area contributed by atoms with Crippen molar-refractivity contribution in [3.05, 3.63) is 0 Å². The van der Waals surface area contributed by atoms with Crippen molar-refractivity contribution >= 4 is 8.32 Å². The minimum atomic E-state index is -1.63. The van der Waals surface area contributed by atoms with Crippen LogP contribution in [0.2, 0.25) is 16.6 Å². The Morgan fingerprint density at radius 2 is 1.47 bits per heavy atom. The summed E-state index contributed by atoms with van der Waals surface area (Å²) in [7, 11) is 2.76. The van der Waals surface area contributed by atoms with Crippen LogP contribution in [0.3, 0.4) is 0 Å². The van der Waals surface area contributed by atoms with E-state index in [4.69, 9.17) is 4.43 Å². The third-order valence-electron chi connectivity index (χ3n) is 5.10. The van der Waals surface area contributed by atoms with E-state index < -0.39 is 8.32 Å². The molecule has 0 aromatic rings. The summed E-state index contributed by atoms with van der Waals surface area (Å²) in [5.74, 6) is 0.883. The molecule has 1 aliphatic rings. The zero-order valence-corrected chi connectivity index (χ0v) is 15.4. The van der Waals surface area contributed by atoms with Gasteiger partial charge in [0.05, 0.1) is 0 Å². The molecule has 114 valence electrons. The van der Waals surface area contributed by atoms with Crippen molar-refractivity contribution < 1.29 is 4.43 Å². The van der Waals surface area contributed by atoms with E-state index in [1.54, 1.807) is 0 Å². The molecular weight excluding hydrogens is 250 g/mol. The Balaban J connectivity index is 2.51. The molecule has 0 bridgehead atoms. The van der Waals surface area contributed by atoms with E-state index in [-0.39, 0.29) is 0 Å². The maximum atomic E-state index is 6.61. The fourth-order valence-electron chi connectivity index (χ4n) is 4.06. The standard InChI is InChI=1S/C16H35NOSi/c1-12(2)19(13(3)4,14(5)6)18-10-9-15-11-16(15)17(7)8/h12-16H,9-11H2,1-8H3/t15-,16+/m0/s1. The molecular formula is C16H35NOSi. The topological polar surface area (TPSA) is 12.5 Å². The molecule has 0 unspecified atom stereocenters. The highest BCUT2D eigenvalue weighted by molar-refractivity contribution is 6.77. The van der Waals surface area contributed by atoms with Crippen LogP contribution in [0.25, 0.3) is 0 Å². The summed E-state index contributed by atoms with van der Waals surface area (Å²) in [6, 6.07) is 0.816. The van der Waals surface area contributed by atoms with Gasteiger partial charge in [0.2, 0.25) is 0 Å². The molecule has 0 spiro atoms. The maximum Gasteiger partial charge on any atom is 0.200 e. The summed E-state index contributed by atoms with van der Waals surface area (Å²) < 4.78 is 6.61. The molecule has 0 aliphatic heterocycles. The number of nitrogens with zero attached hydrogens (tertiary/aromatic N) is 1. The average molecular weight is 286 g/mol. The van der Waals surface area contributed by atoms with Gasteiger partial charge in [-0.05, 0) is 49.5 Å². The fraction of sp³-hybridized carbons (Fsp3) is 1.00. The van der Waals surface area contributed by atoms with Crippen LogP contribution in [0.15, 0.2) is 0 Å². The van der Waals surface area contributed by atoms with Crippen LogP contribution >= 0.6 is 0 Å². The van der Waals surface area contributed by atoms with Crippen LogP contribution in [0.1, 0.15) is 54.4 Å². The van der Waals surface area contributed by atoms with E-state index in [0.717, 1.165) is 18.6 Å². The molecule has 0 aromatic heterocycles.